The van der Waals surface area contributed by atoms with E-state index < -0.39 is 20.5 Å². The molecule has 1 aliphatic rings. The summed E-state index contributed by atoms with van der Waals surface area (Å²) in [5, 5.41) is 5.92. The standard InChI is InChI=1S/C24H36N4O3.2ClHO4.3H2O/c25-9-12-28-13-10-26-19-21-5-1-3-7-23(21)30-17-15-29-16-18-31-24-8-4-2-6-22(24)20-27-11-14-28;2*2-1(3,4)5;;;/h1-8,26-27H,9-20,25H2;2*(H,2,3,4,5);3*1H2. The van der Waals surface area contributed by atoms with Gasteiger partial charge in [0.1, 0.15) is 31.3 Å². The Kier molecular flexibility index (Phi) is 27.7. The largest absolute Gasteiger partial charge is 0.491 e. The van der Waals surface area contributed by atoms with E-state index in [1.54, 1.807) is 0 Å². The van der Waals surface area contributed by atoms with Gasteiger partial charge in [0.25, 0.3) is 0 Å². The Morgan fingerprint density at radius 1 is 0.727 bits per heavy atom. The van der Waals surface area contributed by atoms with Gasteiger partial charge in [-0.2, -0.15) is 0 Å². The highest BCUT2D eigenvalue weighted by Crippen LogP contribution is 2.18. The lowest BCUT2D eigenvalue weighted by molar-refractivity contribution is -2.00. The summed E-state index contributed by atoms with van der Waals surface area (Å²) in [5.74, 6) is 1.86. The number of hydrogen-bond acceptors (Lipinski definition) is 13. The zero-order valence-electron chi connectivity index (χ0n) is 24.1. The van der Waals surface area contributed by atoms with Crippen LogP contribution in [0.1, 0.15) is 11.1 Å². The molecular formula is C24H44Cl2N4O14. The van der Waals surface area contributed by atoms with Crippen LogP contribution >= 0.6 is 0 Å². The van der Waals surface area contributed by atoms with E-state index in [1.807, 2.05) is 24.3 Å². The molecule has 0 aromatic heterocycles. The molecule has 0 bridgehead atoms. The van der Waals surface area contributed by atoms with Gasteiger partial charge in [-0.3, -0.25) is 4.90 Å². The van der Waals surface area contributed by atoms with Gasteiger partial charge in [0, 0.05) is 43.9 Å². The second-order valence-electron chi connectivity index (χ2n) is 8.43. The summed E-state index contributed by atoms with van der Waals surface area (Å²) in [6.45, 7) is 9.87. The van der Waals surface area contributed by atoms with E-state index in [1.165, 1.54) is 11.1 Å². The number of rotatable bonds is 2. The first kappa shape index (κ1) is 46.4. The molecule has 2 aromatic rings. The fraction of sp³-hybridized carbons (Fsp3) is 0.500. The van der Waals surface area contributed by atoms with E-state index >= 15 is 0 Å². The van der Waals surface area contributed by atoms with Crippen LogP contribution < -0.4 is 63.1 Å². The van der Waals surface area contributed by atoms with Crippen molar-refractivity contribution < 1.29 is 99.4 Å². The molecule has 18 nitrogen and oxygen atoms in total. The average molecular weight is 684 g/mol. The van der Waals surface area contributed by atoms with E-state index in [4.69, 9.17) is 51.5 Å². The van der Waals surface area contributed by atoms with Gasteiger partial charge in [-0.15, -0.1) is 20.5 Å². The summed E-state index contributed by atoms with van der Waals surface area (Å²) < 4.78 is 85.6. The molecule has 2 aromatic carbocycles. The first-order valence-corrected chi connectivity index (χ1v) is 15.1. The summed E-state index contributed by atoms with van der Waals surface area (Å²) in [6.07, 6.45) is 0. The van der Waals surface area contributed by atoms with Crippen LogP contribution in [-0.2, 0) is 17.8 Å². The van der Waals surface area contributed by atoms with Crippen LogP contribution in [0.3, 0.4) is 0 Å². The lowest BCUT2D eigenvalue weighted by atomic mass is 10.2. The maximum atomic E-state index is 8.49. The Hall–Kier alpha value is -2.02. The zero-order valence-corrected chi connectivity index (χ0v) is 25.6. The molecular weight excluding hydrogens is 639 g/mol. The highest BCUT2D eigenvalue weighted by Gasteiger charge is 2.09. The maximum absolute atomic E-state index is 8.49. The molecule has 0 spiro atoms. The van der Waals surface area contributed by atoms with Gasteiger partial charge in [0.15, 0.2) is 0 Å². The second kappa shape index (κ2) is 26.2. The zero-order chi connectivity index (χ0) is 30.6. The van der Waals surface area contributed by atoms with Crippen LogP contribution in [0.15, 0.2) is 48.5 Å². The molecule has 0 unspecified atom stereocenters. The van der Waals surface area contributed by atoms with Crippen molar-refractivity contribution in [1.29, 1.82) is 0 Å². The second-order valence-corrected chi connectivity index (χ2v) is 9.95. The van der Waals surface area contributed by atoms with Crippen LogP contribution in [0, 0.1) is 20.5 Å². The van der Waals surface area contributed by atoms with E-state index in [9.17, 15) is 0 Å². The minimum absolute atomic E-state index is 0. The summed E-state index contributed by atoms with van der Waals surface area (Å²) in [6, 6.07) is 16.5. The number of nitrogens with two attached hydrogens (primary N) is 1. The average Bonchev–Trinajstić information content (AvgIpc) is 2.87. The molecule has 0 aliphatic carbocycles. The normalized spacial score (nSPS) is 15.5. The van der Waals surface area contributed by atoms with Gasteiger partial charge in [-0.1, -0.05) is 30.3 Å². The number of hydrogen-bond donors (Lipinski definition) is 3. The van der Waals surface area contributed by atoms with E-state index in [-0.39, 0.29) is 16.4 Å². The number of fused-ring (bicyclic) bond motifs is 2. The first-order valence-electron chi connectivity index (χ1n) is 12.6. The lowest BCUT2D eigenvalue weighted by Crippen LogP contribution is -2.84. The molecule has 1 heterocycles. The lowest BCUT2D eigenvalue weighted by Gasteiger charge is -2.20. The highest BCUT2D eigenvalue weighted by molar-refractivity contribution is 5.33. The molecule has 12 N–H and O–H groups in total. The fourth-order valence-electron chi connectivity index (χ4n) is 3.68. The smallest absolute Gasteiger partial charge is 0.128 e. The molecule has 1 aliphatic heterocycles. The van der Waals surface area contributed by atoms with Crippen molar-refractivity contribution in [1.82, 2.24) is 10.2 Å². The minimum Gasteiger partial charge on any atom is -0.491 e. The summed E-state index contributed by atoms with van der Waals surface area (Å²) in [7, 11) is -9.89. The van der Waals surface area contributed by atoms with Gasteiger partial charge in [-0.25, -0.2) is 37.3 Å². The van der Waals surface area contributed by atoms with Crippen molar-refractivity contribution in [2.24, 2.45) is 0 Å². The van der Waals surface area contributed by atoms with E-state index in [0.717, 1.165) is 63.9 Å². The Morgan fingerprint density at radius 3 is 1.73 bits per heavy atom. The summed E-state index contributed by atoms with van der Waals surface area (Å²) in [4.78, 5) is 2.48. The highest BCUT2D eigenvalue weighted by atomic mass is 35.7. The van der Waals surface area contributed by atoms with E-state index in [0.29, 0.717) is 26.4 Å². The van der Waals surface area contributed by atoms with Crippen molar-refractivity contribution in [3.8, 4) is 11.5 Å². The molecule has 0 atom stereocenters. The number of ether oxygens (including phenoxy) is 3. The molecule has 0 saturated carbocycles. The van der Waals surface area contributed by atoms with Gasteiger partial charge >= 0.3 is 0 Å². The fourth-order valence-corrected chi connectivity index (χ4v) is 3.68. The number of nitrogens with zero attached hydrogens (tertiary/aromatic N) is 1. The topological polar surface area (TPSA) is 366 Å². The number of halogens is 2. The number of nitrogens with one attached hydrogen (secondary N) is 1. The van der Waals surface area contributed by atoms with Crippen LogP contribution in [-0.4, -0.2) is 87.0 Å². The Morgan fingerprint density at radius 2 is 1.20 bits per heavy atom. The molecule has 0 amide bonds. The minimum atomic E-state index is -4.94. The Bertz CT molecular complexity index is 874. The van der Waals surface area contributed by atoms with Crippen molar-refractivity contribution in [2.45, 2.75) is 13.1 Å². The quantitative estimate of drug-likeness (QED) is 0.265. The van der Waals surface area contributed by atoms with Crippen LogP contribution in [0.5, 0.6) is 11.5 Å². The monoisotopic (exact) mass is 682 g/mol. The Labute approximate surface area is 259 Å². The molecule has 258 valence electrons. The van der Waals surface area contributed by atoms with Crippen molar-refractivity contribution in [3.63, 3.8) is 0 Å². The van der Waals surface area contributed by atoms with Crippen molar-refractivity contribution in [3.05, 3.63) is 59.7 Å². The third-order valence-corrected chi connectivity index (χ3v) is 5.32. The van der Waals surface area contributed by atoms with Crippen molar-refractivity contribution >= 4 is 0 Å². The number of quaternary nitrogens is 2. The number of benzene rings is 2. The predicted octanol–water partition coefficient (Wildman–Crippen LogP) is -12.1. The van der Waals surface area contributed by atoms with Crippen LogP contribution in [0.25, 0.3) is 0 Å². The van der Waals surface area contributed by atoms with Crippen molar-refractivity contribution in [2.75, 3.05) is 65.7 Å². The molecule has 3 rings (SSSR count). The van der Waals surface area contributed by atoms with Gasteiger partial charge in [-0.05, 0) is 18.2 Å². The summed E-state index contributed by atoms with van der Waals surface area (Å²) in [5.41, 5.74) is 6.44. The predicted molar refractivity (Wildman–Crippen MR) is 132 cm³/mol. The molecule has 44 heavy (non-hydrogen) atoms. The molecule has 0 fully saturated rings. The van der Waals surface area contributed by atoms with Gasteiger partial charge in [0.05, 0.1) is 26.3 Å². The molecule has 0 saturated heterocycles. The SMILES string of the molecule is O.O.O.[NH3+]CCN1CCNCc2ccccc2OCCOCCOc2ccccc2C[NH2+]CC1.[O-][Cl+3]([O-])([O-])[O-].[O-][Cl+3]([O-])([O-])[O-]. The molecule has 0 radical (unpaired) electrons. The van der Waals surface area contributed by atoms with Crippen LogP contribution in [0.4, 0.5) is 0 Å². The number of para-hydroxylation sites is 2. The van der Waals surface area contributed by atoms with Crippen LogP contribution in [0.2, 0.25) is 0 Å². The third kappa shape index (κ3) is 27.5. The van der Waals surface area contributed by atoms with E-state index in [2.05, 4.69) is 45.5 Å². The third-order valence-electron chi connectivity index (χ3n) is 5.32. The summed E-state index contributed by atoms with van der Waals surface area (Å²) >= 11 is 0. The first-order chi connectivity index (χ1) is 19.4. The van der Waals surface area contributed by atoms with Gasteiger partial charge in [0.2, 0.25) is 0 Å². The maximum Gasteiger partial charge on any atom is 0.128 e. The molecule has 20 heteroatoms. The Balaban J connectivity index is -0.00000112. The van der Waals surface area contributed by atoms with Gasteiger partial charge < -0.3 is 47.0 Å².